The van der Waals surface area contributed by atoms with Gasteiger partial charge in [-0.3, -0.25) is 0 Å². The van der Waals surface area contributed by atoms with Gasteiger partial charge in [-0.05, 0) is 23.3 Å². The Morgan fingerprint density at radius 1 is 0.879 bits per heavy atom. The van der Waals surface area contributed by atoms with Crippen molar-refractivity contribution in [2.45, 2.75) is 19.1 Å². The number of nitrogens with one attached hydrogen (secondary N) is 1. The molecule has 0 bridgehead atoms. The fourth-order valence-corrected chi connectivity index (χ4v) is 3.41. The summed E-state index contributed by atoms with van der Waals surface area (Å²) in [6.07, 6.45) is 1.98. The molecule has 6 nitrogen and oxygen atoms in total. The van der Waals surface area contributed by atoms with Crippen molar-refractivity contribution in [3.8, 4) is 17.0 Å². The molecule has 0 aliphatic heterocycles. The van der Waals surface area contributed by atoms with Crippen molar-refractivity contribution in [1.29, 1.82) is 0 Å². The highest BCUT2D eigenvalue weighted by atomic mass is 16.5. The lowest BCUT2D eigenvalue weighted by Crippen LogP contribution is -2.33. The van der Waals surface area contributed by atoms with Crippen LogP contribution in [0.4, 0.5) is 5.82 Å². The molecule has 0 aliphatic carbocycles. The number of hydrogen-bond acceptors (Lipinski definition) is 6. The van der Waals surface area contributed by atoms with E-state index in [1.165, 1.54) is 13.4 Å². The third-order valence-electron chi connectivity index (χ3n) is 5.16. The first-order valence-electron chi connectivity index (χ1n) is 10.7. The van der Waals surface area contributed by atoms with Gasteiger partial charge < -0.3 is 14.8 Å². The zero-order chi connectivity index (χ0) is 22.9. The number of benzene rings is 3. The molecule has 0 saturated carbocycles. The van der Waals surface area contributed by atoms with E-state index in [2.05, 4.69) is 15.3 Å². The molecule has 1 heterocycles. The van der Waals surface area contributed by atoms with Crippen molar-refractivity contribution in [1.82, 2.24) is 9.97 Å². The Morgan fingerprint density at radius 3 is 2.27 bits per heavy atom. The summed E-state index contributed by atoms with van der Waals surface area (Å²) in [6.45, 7) is 0.487. The Morgan fingerprint density at radius 2 is 1.58 bits per heavy atom. The average Bonchev–Trinajstić information content (AvgIpc) is 2.88. The third-order valence-corrected chi connectivity index (χ3v) is 5.16. The van der Waals surface area contributed by atoms with Crippen molar-refractivity contribution in [3.05, 3.63) is 108 Å². The molecule has 4 aromatic rings. The molecule has 33 heavy (non-hydrogen) atoms. The number of nitrogens with zero attached hydrogens (tertiary/aromatic N) is 2. The standard InChI is InChI=1S/C27H25N3O3/c1-32-27(31)25(16-20-8-4-2-5-9-20)30-26-17-24(28-19-29-26)22-14-12-21(13-15-22)18-33-23-10-6-3-7-11-23/h2-15,17,19,25H,16,18H2,1H3,(H,28,29,30). The largest absolute Gasteiger partial charge is 0.489 e. The van der Waals surface area contributed by atoms with Crippen molar-refractivity contribution in [3.63, 3.8) is 0 Å². The number of ether oxygens (including phenoxy) is 2. The van der Waals surface area contributed by atoms with E-state index in [4.69, 9.17) is 9.47 Å². The minimum atomic E-state index is -0.558. The Labute approximate surface area is 193 Å². The summed E-state index contributed by atoms with van der Waals surface area (Å²) in [5.74, 6) is 1.05. The summed E-state index contributed by atoms with van der Waals surface area (Å²) in [5.41, 5.74) is 3.79. The minimum Gasteiger partial charge on any atom is -0.489 e. The average molecular weight is 440 g/mol. The molecular weight excluding hydrogens is 414 g/mol. The predicted molar refractivity (Wildman–Crippen MR) is 128 cm³/mol. The predicted octanol–water partition coefficient (Wildman–Crippen LogP) is 4.92. The Kier molecular flexibility index (Phi) is 7.28. The van der Waals surface area contributed by atoms with Gasteiger partial charge in [0.15, 0.2) is 0 Å². The monoisotopic (exact) mass is 439 g/mol. The molecule has 0 spiro atoms. The van der Waals surface area contributed by atoms with E-state index in [0.29, 0.717) is 18.8 Å². The van der Waals surface area contributed by atoms with E-state index in [9.17, 15) is 4.79 Å². The molecule has 0 saturated heterocycles. The van der Waals surface area contributed by atoms with Gasteiger partial charge in [-0.1, -0.05) is 72.8 Å². The number of carbonyl (C=O) groups excluding carboxylic acids is 1. The first-order valence-corrected chi connectivity index (χ1v) is 10.7. The molecule has 6 heteroatoms. The highest BCUT2D eigenvalue weighted by Crippen LogP contribution is 2.21. The van der Waals surface area contributed by atoms with E-state index >= 15 is 0 Å². The number of carbonyl (C=O) groups is 1. The minimum absolute atomic E-state index is 0.346. The third kappa shape index (κ3) is 6.17. The maximum Gasteiger partial charge on any atom is 0.328 e. The van der Waals surface area contributed by atoms with E-state index < -0.39 is 6.04 Å². The Bertz CT molecular complexity index is 1170. The summed E-state index contributed by atoms with van der Waals surface area (Å²) in [4.78, 5) is 21.0. The van der Waals surface area contributed by atoms with E-state index in [-0.39, 0.29) is 5.97 Å². The van der Waals surface area contributed by atoms with E-state index in [1.807, 2.05) is 91.0 Å². The summed E-state index contributed by atoms with van der Waals surface area (Å²) >= 11 is 0. The molecule has 3 aromatic carbocycles. The van der Waals surface area contributed by atoms with Crippen molar-refractivity contribution in [2.24, 2.45) is 0 Å². The van der Waals surface area contributed by atoms with Crippen LogP contribution in [0.25, 0.3) is 11.3 Å². The number of methoxy groups -OCH3 is 1. The van der Waals surface area contributed by atoms with Gasteiger partial charge in [-0.25, -0.2) is 14.8 Å². The van der Waals surface area contributed by atoms with Gasteiger partial charge in [0.25, 0.3) is 0 Å². The fraction of sp³-hybridized carbons (Fsp3) is 0.148. The molecule has 1 aromatic heterocycles. The zero-order valence-corrected chi connectivity index (χ0v) is 18.3. The van der Waals surface area contributed by atoms with Crippen molar-refractivity contribution < 1.29 is 14.3 Å². The van der Waals surface area contributed by atoms with E-state index in [0.717, 1.165) is 28.1 Å². The lowest BCUT2D eigenvalue weighted by Gasteiger charge is -2.17. The van der Waals surface area contributed by atoms with Crippen molar-refractivity contribution in [2.75, 3.05) is 12.4 Å². The normalized spacial score (nSPS) is 11.4. The molecule has 0 amide bonds. The van der Waals surface area contributed by atoms with Crippen LogP contribution in [-0.4, -0.2) is 29.1 Å². The number of rotatable bonds is 9. The van der Waals surface area contributed by atoms with E-state index in [1.54, 1.807) is 0 Å². The summed E-state index contributed by atoms with van der Waals surface area (Å²) in [5, 5.41) is 3.19. The molecule has 1 N–H and O–H groups in total. The van der Waals surface area contributed by atoms with Gasteiger partial charge in [0, 0.05) is 18.1 Å². The van der Waals surface area contributed by atoms with Gasteiger partial charge in [-0.2, -0.15) is 0 Å². The number of aromatic nitrogens is 2. The molecule has 0 fully saturated rings. The topological polar surface area (TPSA) is 73.3 Å². The molecule has 166 valence electrons. The molecule has 0 radical (unpaired) electrons. The first kappa shape index (κ1) is 22.0. The van der Waals surface area contributed by atoms with Gasteiger partial charge >= 0.3 is 5.97 Å². The van der Waals surface area contributed by atoms with Crippen LogP contribution >= 0.6 is 0 Å². The fourth-order valence-electron chi connectivity index (χ4n) is 3.41. The van der Waals surface area contributed by atoms with Gasteiger partial charge in [0.1, 0.15) is 30.5 Å². The van der Waals surface area contributed by atoms with Crippen LogP contribution in [0, 0.1) is 0 Å². The lowest BCUT2D eigenvalue weighted by molar-refractivity contribution is -0.141. The van der Waals surface area contributed by atoms with Crippen LogP contribution in [0.5, 0.6) is 5.75 Å². The van der Waals surface area contributed by atoms with Crippen LogP contribution in [-0.2, 0) is 22.6 Å². The molecule has 0 aliphatic rings. The zero-order valence-electron chi connectivity index (χ0n) is 18.3. The highest BCUT2D eigenvalue weighted by molar-refractivity contribution is 5.79. The van der Waals surface area contributed by atoms with Crippen LogP contribution in [0.3, 0.4) is 0 Å². The highest BCUT2D eigenvalue weighted by Gasteiger charge is 2.20. The number of para-hydroxylation sites is 1. The molecule has 1 atom stereocenters. The molecular formula is C27H25N3O3. The maximum absolute atomic E-state index is 12.3. The second-order valence-electron chi connectivity index (χ2n) is 7.50. The molecule has 4 rings (SSSR count). The Hall–Kier alpha value is -4.19. The van der Waals surface area contributed by atoms with Crippen LogP contribution < -0.4 is 10.1 Å². The van der Waals surface area contributed by atoms with Crippen molar-refractivity contribution >= 4 is 11.8 Å². The van der Waals surface area contributed by atoms with Gasteiger partial charge in [0.05, 0.1) is 12.8 Å². The quantitative estimate of drug-likeness (QED) is 0.373. The summed E-state index contributed by atoms with van der Waals surface area (Å²) < 4.78 is 10.8. The summed E-state index contributed by atoms with van der Waals surface area (Å²) in [7, 11) is 1.39. The summed E-state index contributed by atoms with van der Waals surface area (Å²) in [6, 6.07) is 28.8. The lowest BCUT2D eigenvalue weighted by atomic mass is 10.1. The second-order valence-corrected chi connectivity index (χ2v) is 7.50. The molecule has 1 unspecified atom stereocenters. The number of hydrogen-bond donors (Lipinski definition) is 1. The van der Waals surface area contributed by atoms with Crippen LogP contribution in [0.15, 0.2) is 97.3 Å². The first-order chi connectivity index (χ1) is 16.2. The smallest absolute Gasteiger partial charge is 0.328 e. The number of esters is 1. The maximum atomic E-state index is 12.3. The van der Waals surface area contributed by atoms with Crippen LogP contribution in [0.2, 0.25) is 0 Å². The van der Waals surface area contributed by atoms with Crippen LogP contribution in [0.1, 0.15) is 11.1 Å². The second kappa shape index (κ2) is 10.9. The van der Waals surface area contributed by atoms with Gasteiger partial charge in [0.2, 0.25) is 0 Å². The Balaban J connectivity index is 1.44. The SMILES string of the molecule is COC(=O)C(Cc1ccccc1)Nc1cc(-c2ccc(COc3ccccc3)cc2)ncn1. The van der Waals surface area contributed by atoms with Gasteiger partial charge in [-0.15, -0.1) is 0 Å². The number of anilines is 1.